The van der Waals surface area contributed by atoms with Gasteiger partial charge in [-0.15, -0.1) is 0 Å². The van der Waals surface area contributed by atoms with Crippen molar-refractivity contribution < 1.29 is 23.7 Å². The zero-order chi connectivity index (χ0) is 28.4. The molecule has 0 amide bonds. The molecule has 4 aromatic rings. The molecule has 1 aliphatic carbocycles. The second kappa shape index (κ2) is 13.5. The summed E-state index contributed by atoms with van der Waals surface area (Å²) in [5.41, 5.74) is 5.36. The van der Waals surface area contributed by atoms with Crippen molar-refractivity contribution in [2.75, 3.05) is 14.2 Å². The predicted molar refractivity (Wildman–Crippen MR) is 162 cm³/mol. The molecule has 0 spiro atoms. The van der Waals surface area contributed by atoms with Gasteiger partial charge in [-0.05, 0) is 66.8 Å². The van der Waals surface area contributed by atoms with E-state index < -0.39 is 0 Å². The Morgan fingerprint density at radius 3 is 1.46 bits per heavy atom. The Bertz CT molecular complexity index is 1420. The van der Waals surface area contributed by atoms with Crippen LogP contribution < -0.4 is 18.9 Å². The zero-order valence-electron chi connectivity index (χ0n) is 23.5. The Hall–Kier alpha value is -4.77. The quantitative estimate of drug-likeness (QED) is 0.188. The standard InChI is InChI=1S/C36H34O5/c1-38-32-18-16-28(34(22-32)40-24-26-10-5-3-6-11-26)20-30-14-9-15-31(36(30)37)21-29-17-19-33(39-2)23-35(29)41-25-27-12-7-4-8-13-27/h3-8,10-13,16-23H,9,14-15,24-25H2,1-2H3/b30-20+,31-21+. The number of rotatable bonds is 10. The van der Waals surface area contributed by atoms with Crippen LogP contribution in [-0.2, 0) is 18.0 Å². The molecule has 0 heterocycles. The summed E-state index contributed by atoms with van der Waals surface area (Å²) < 4.78 is 23.2. The first kappa shape index (κ1) is 27.8. The predicted octanol–water partition coefficient (Wildman–Crippen LogP) is 8.08. The molecule has 4 aromatic carbocycles. The van der Waals surface area contributed by atoms with Gasteiger partial charge in [0.15, 0.2) is 5.78 Å². The van der Waals surface area contributed by atoms with Gasteiger partial charge >= 0.3 is 0 Å². The second-order valence-corrected chi connectivity index (χ2v) is 9.88. The van der Waals surface area contributed by atoms with Crippen molar-refractivity contribution in [3.8, 4) is 23.0 Å². The van der Waals surface area contributed by atoms with E-state index >= 15 is 0 Å². The summed E-state index contributed by atoms with van der Waals surface area (Å²) in [4.78, 5) is 13.7. The summed E-state index contributed by atoms with van der Waals surface area (Å²) in [6.45, 7) is 0.846. The first-order valence-corrected chi connectivity index (χ1v) is 13.8. The number of methoxy groups -OCH3 is 2. The fraction of sp³-hybridized carbons (Fsp3) is 0.194. The molecule has 208 valence electrons. The maximum absolute atomic E-state index is 13.7. The van der Waals surface area contributed by atoms with Crippen molar-refractivity contribution in [2.45, 2.75) is 32.5 Å². The minimum absolute atomic E-state index is 0.0471. The van der Waals surface area contributed by atoms with Crippen LogP contribution >= 0.6 is 0 Å². The van der Waals surface area contributed by atoms with Crippen molar-refractivity contribution in [3.63, 3.8) is 0 Å². The molecule has 0 saturated heterocycles. The van der Waals surface area contributed by atoms with Crippen LogP contribution in [0.1, 0.15) is 41.5 Å². The molecule has 0 aliphatic heterocycles. The highest BCUT2D eigenvalue weighted by molar-refractivity contribution is 6.14. The summed E-state index contributed by atoms with van der Waals surface area (Å²) in [6.07, 6.45) is 6.21. The molecule has 41 heavy (non-hydrogen) atoms. The Balaban J connectivity index is 1.40. The molecule has 0 radical (unpaired) electrons. The monoisotopic (exact) mass is 546 g/mol. The summed E-state index contributed by atoms with van der Waals surface area (Å²) in [6, 6.07) is 31.4. The summed E-state index contributed by atoms with van der Waals surface area (Å²) in [5.74, 6) is 2.81. The SMILES string of the molecule is COc1ccc(/C=C2\CCC/C(=C\c3ccc(OC)cc3OCc3ccccc3)C2=O)c(OCc2ccccc2)c1. The van der Waals surface area contributed by atoms with Crippen LogP contribution in [0.3, 0.4) is 0 Å². The average molecular weight is 547 g/mol. The van der Waals surface area contributed by atoms with Crippen LogP contribution in [0.5, 0.6) is 23.0 Å². The molecule has 0 aromatic heterocycles. The Morgan fingerprint density at radius 1 is 0.610 bits per heavy atom. The third-order valence-corrected chi connectivity index (χ3v) is 7.05. The van der Waals surface area contributed by atoms with Gasteiger partial charge in [0.2, 0.25) is 0 Å². The van der Waals surface area contributed by atoms with E-state index in [1.165, 1.54) is 0 Å². The molecule has 1 saturated carbocycles. The third kappa shape index (κ3) is 7.25. The lowest BCUT2D eigenvalue weighted by atomic mass is 9.86. The van der Waals surface area contributed by atoms with Crippen molar-refractivity contribution in [1.82, 2.24) is 0 Å². The molecule has 1 aliphatic rings. The molecule has 5 nitrogen and oxygen atoms in total. The van der Waals surface area contributed by atoms with Crippen LogP contribution in [0, 0.1) is 0 Å². The van der Waals surface area contributed by atoms with E-state index in [-0.39, 0.29) is 5.78 Å². The topological polar surface area (TPSA) is 54.0 Å². The lowest BCUT2D eigenvalue weighted by Crippen LogP contribution is -2.12. The van der Waals surface area contributed by atoms with Gasteiger partial charge in [-0.1, -0.05) is 60.7 Å². The van der Waals surface area contributed by atoms with Gasteiger partial charge in [0.25, 0.3) is 0 Å². The molecule has 1 fully saturated rings. The van der Waals surface area contributed by atoms with Gasteiger partial charge in [-0.3, -0.25) is 4.79 Å². The minimum atomic E-state index is 0.0471. The van der Waals surface area contributed by atoms with E-state index in [2.05, 4.69) is 0 Å². The van der Waals surface area contributed by atoms with Crippen molar-refractivity contribution in [2.24, 2.45) is 0 Å². The highest BCUT2D eigenvalue weighted by Crippen LogP contribution is 2.34. The Kier molecular flexibility index (Phi) is 9.17. The average Bonchev–Trinajstić information content (AvgIpc) is 3.02. The highest BCUT2D eigenvalue weighted by Gasteiger charge is 2.22. The number of benzene rings is 4. The smallest absolute Gasteiger partial charge is 0.185 e. The van der Waals surface area contributed by atoms with Crippen LogP contribution in [0.15, 0.2) is 108 Å². The first-order chi connectivity index (χ1) is 20.1. The number of ketones is 1. The fourth-order valence-electron chi connectivity index (χ4n) is 4.80. The number of carbonyl (C=O) groups excluding carboxylic acids is 1. The summed E-state index contributed by atoms with van der Waals surface area (Å²) in [5, 5.41) is 0. The molecular weight excluding hydrogens is 512 g/mol. The molecular formula is C36H34O5. The van der Waals surface area contributed by atoms with Crippen LogP contribution in [0.2, 0.25) is 0 Å². The van der Waals surface area contributed by atoms with Crippen LogP contribution in [0.4, 0.5) is 0 Å². The van der Waals surface area contributed by atoms with E-state index in [0.717, 1.165) is 39.8 Å². The lowest BCUT2D eigenvalue weighted by Gasteiger charge is -2.18. The fourth-order valence-corrected chi connectivity index (χ4v) is 4.80. The van der Waals surface area contributed by atoms with Gasteiger partial charge in [0.05, 0.1) is 14.2 Å². The van der Waals surface area contributed by atoms with E-state index in [1.807, 2.05) is 109 Å². The highest BCUT2D eigenvalue weighted by atomic mass is 16.5. The third-order valence-electron chi connectivity index (χ3n) is 7.05. The maximum atomic E-state index is 13.7. The number of ether oxygens (including phenoxy) is 4. The summed E-state index contributed by atoms with van der Waals surface area (Å²) >= 11 is 0. The Morgan fingerprint density at radius 2 is 1.05 bits per heavy atom. The second-order valence-electron chi connectivity index (χ2n) is 9.88. The van der Waals surface area contributed by atoms with Gasteiger partial charge in [-0.2, -0.15) is 0 Å². The zero-order valence-corrected chi connectivity index (χ0v) is 23.5. The largest absolute Gasteiger partial charge is 0.497 e. The minimum Gasteiger partial charge on any atom is -0.497 e. The number of carbonyl (C=O) groups is 1. The van der Waals surface area contributed by atoms with Crippen molar-refractivity contribution in [3.05, 3.63) is 130 Å². The lowest BCUT2D eigenvalue weighted by molar-refractivity contribution is -0.112. The van der Waals surface area contributed by atoms with Gasteiger partial charge in [-0.25, -0.2) is 0 Å². The van der Waals surface area contributed by atoms with Crippen molar-refractivity contribution >= 4 is 17.9 Å². The number of hydrogen-bond acceptors (Lipinski definition) is 5. The van der Waals surface area contributed by atoms with Crippen molar-refractivity contribution in [1.29, 1.82) is 0 Å². The van der Waals surface area contributed by atoms with Crippen LogP contribution in [0.25, 0.3) is 12.2 Å². The van der Waals surface area contributed by atoms with Gasteiger partial charge in [0.1, 0.15) is 36.2 Å². The number of allylic oxidation sites excluding steroid dienone is 2. The van der Waals surface area contributed by atoms with Gasteiger partial charge < -0.3 is 18.9 Å². The molecule has 0 atom stereocenters. The maximum Gasteiger partial charge on any atom is 0.185 e. The molecule has 5 heteroatoms. The molecule has 0 bridgehead atoms. The van der Waals surface area contributed by atoms with E-state index in [1.54, 1.807) is 14.2 Å². The first-order valence-electron chi connectivity index (χ1n) is 13.8. The van der Waals surface area contributed by atoms with E-state index in [0.29, 0.717) is 49.1 Å². The molecule has 5 rings (SSSR count). The van der Waals surface area contributed by atoms with Crippen LogP contribution in [-0.4, -0.2) is 20.0 Å². The Labute approximate surface area is 241 Å². The van der Waals surface area contributed by atoms with E-state index in [9.17, 15) is 4.79 Å². The van der Waals surface area contributed by atoms with E-state index in [4.69, 9.17) is 18.9 Å². The summed E-state index contributed by atoms with van der Waals surface area (Å²) in [7, 11) is 3.26. The van der Waals surface area contributed by atoms with Gasteiger partial charge in [0, 0.05) is 34.4 Å². The normalized spacial score (nSPS) is 15.1. The molecule has 0 N–H and O–H groups in total. The molecule has 0 unspecified atom stereocenters. The number of Topliss-reactive ketones (excluding diaryl/α,β-unsaturated/α-hetero) is 1. The number of hydrogen-bond donors (Lipinski definition) is 0.